The predicted octanol–water partition coefficient (Wildman–Crippen LogP) is 6.59. The fourth-order valence-corrected chi connectivity index (χ4v) is 5.45. The minimum atomic E-state index is -0.397. The topological polar surface area (TPSA) is 149 Å². The molecule has 0 bridgehead atoms. The second-order valence-electron chi connectivity index (χ2n) is 12.7. The summed E-state index contributed by atoms with van der Waals surface area (Å²) in [6.45, 7) is 20.0. The molecule has 0 saturated carbocycles. The van der Waals surface area contributed by atoms with Crippen molar-refractivity contribution in [2.24, 2.45) is 0 Å². The number of rotatable bonds is 10. The molecule has 2 aromatic carbocycles. The number of amides is 2. The van der Waals surface area contributed by atoms with E-state index in [2.05, 4.69) is 47.4 Å². The van der Waals surface area contributed by atoms with Crippen LogP contribution >= 0.6 is 0 Å². The van der Waals surface area contributed by atoms with Crippen molar-refractivity contribution in [3.63, 3.8) is 0 Å². The molecular formula is C38H53N7O5. The Balaban J connectivity index is 0.000000277. The summed E-state index contributed by atoms with van der Waals surface area (Å²) < 4.78 is 3.62. The van der Waals surface area contributed by atoms with Gasteiger partial charge in [0.05, 0.1) is 11.3 Å². The van der Waals surface area contributed by atoms with Crippen molar-refractivity contribution in [1.82, 2.24) is 34.4 Å². The monoisotopic (exact) mass is 687 g/mol. The van der Waals surface area contributed by atoms with Crippen LogP contribution in [0.2, 0.25) is 0 Å². The minimum absolute atomic E-state index is 0.0179. The van der Waals surface area contributed by atoms with Gasteiger partial charge in [0.25, 0.3) is 5.91 Å². The van der Waals surface area contributed by atoms with Gasteiger partial charge in [0, 0.05) is 68.0 Å². The number of phenols is 2. The zero-order chi connectivity index (χ0) is 37.1. The summed E-state index contributed by atoms with van der Waals surface area (Å²) in [5, 5.41) is 30.9. The molecule has 2 aromatic heterocycles. The molecule has 12 heteroatoms. The van der Waals surface area contributed by atoms with Gasteiger partial charge in [-0.25, -0.2) is 14.5 Å². The van der Waals surface area contributed by atoms with Crippen molar-refractivity contribution < 1.29 is 19.8 Å². The second-order valence-corrected chi connectivity index (χ2v) is 12.7. The molecular weight excluding hydrogens is 634 g/mol. The van der Waals surface area contributed by atoms with Gasteiger partial charge in [-0.2, -0.15) is 5.10 Å². The van der Waals surface area contributed by atoms with E-state index < -0.39 is 5.69 Å². The number of nitrogens with zero attached hydrogens (tertiary/aromatic N) is 5. The highest BCUT2D eigenvalue weighted by Crippen LogP contribution is 2.37. The van der Waals surface area contributed by atoms with Gasteiger partial charge in [-0.3, -0.25) is 9.59 Å². The van der Waals surface area contributed by atoms with Gasteiger partial charge in [0.2, 0.25) is 5.91 Å². The zero-order valence-corrected chi connectivity index (χ0v) is 30.7. The van der Waals surface area contributed by atoms with Gasteiger partial charge in [-0.15, -0.1) is 0 Å². The Morgan fingerprint density at radius 2 is 1.70 bits per heavy atom. The predicted molar refractivity (Wildman–Crippen MR) is 199 cm³/mol. The first-order valence-corrected chi connectivity index (χ1v) is 17.3. The number of aromatic hydroxyl groups is 2. The van der Waals surface area contributed by atoms with Crippen LogP contribution in [0.1, 0.15) is 85.6 Å². The molecule has 5 rings (SSSR count). The zero-order valence-electron chi connectivity index (χ0n) is 30.7. The first-order chi connectivity index (χ1) is 23.8. The Hall–Kier alpha value is -5.26. The molecule has 4 N–H and O–H groups in total. The van der Waals surface area contributed by atoms with Crippen molar-refractivity contribution in [2.75, 3.05) is 20.1 Å². The fraction of sp³-hybridized carbons (Fsp3) is 0.421. The molecule has 270 valence electrons. The molecule has 0 unspecified atom stereocenters. The summed E-state index contributed by atoms with van der Waals surface area (Å²) in [4.78, 5) is 39.2. The lowest BCUT2D eigenvalue weighted by Crippen LogP contribution is -2.39. The van der Waals surface area contributed by atoms with Crippen LogP contribution in [0.15, 0.2) is 71.6 Å². The van der Waals surface area contributed by atoms with Crippen LogP contribution in [-0.2, 0) is 16.1 Å². The number of carbonyl (C=O) groups excluding carboxylic acids is 2. The van der Waals surface area contributed by atoms with Gasteiger partial charge < -0.3 is 29.9 Å². The average Bonchev–Trinajstić information content (AvgIpc) is 3.65. The van der Waals surface area contributed by atoms with Gasteiger partial charge in [0.15, 0.2) is 5.82 Å². The third-order valence-electron chi connectivity index (χ3n) is 8.02. The summed E-state index contributed by atoms with van der Waals surface area (Å²) in [5.41, 5.74) is 3.03. The van der Waals surface area contributed by atoms with Crippen LogP contribution in [0.3, 0.4) is 0 Å². The van der Waals surface area contributed by atoms with E-state index in [1.807, 2.05) is 51.2 Å². The van der Waals surface area contributed by atoms with Crippen LogP contribution in [-0.4, -0.2) is 71.3 Å². The molecule has 0 fully saturated rings. The van der Waals surface area contributed by atoms with Gasteiger partial charge in [-0.05, 0) is 61.6 Å². The highest BCUT2D eigenvalue weighted by Gasteiger charge is 2.21. The third-order valence-corrected chi connectivity index (χ3v) is 8.02. The highest BCUT2D eigenvalue weighted by atomic mass is 16.3. The van der Waals surface area contributed by atoms with E-state index in [1.165, 1.54) is 17.1 Å². The highest BCUT2D eigenvalue weighted by molar-refractivity contribution is 5.94. The number of fused-ring (bicyclic) bond motifs is 1. The molecule has 1 aliphatic rings. The summed E-state index contributed by atoms with van der Waals surface area (Å²) >= 11 is 0. The second kappa shape index (κ2) is 17.9. The average molecular weight is 688 g/mol. The molecule has 0 spiro atoms. The lowest BCUT2D eigenvalue weighted by molar-refractivity contribution is -0.130. The number of nitrogens with one attached hydrogen (secondary N) is 2. The third kappa shape index (κ3) is 9.46. The minimum Gasteiger partial charge on any atom is -0.508 e. The number of hydrogen-bond donors (Lipinski definition) is 4. The first kappa shape index (κ1) is 39.2. The van der Waals surface area contributed by atoms with E-state index in [0.29, 0.717) is 47.0 Å². The molecule has 0 aliphatic carbocycles. The van der Waals surface area contributed by atoms with E-state index in [9.17, 15) is 24.6 Å². The lowest BCUT2D eigenvalue weighted by atomic mass is 9.98. The van der Waals surface area contributed by atoms with E-state index in [0.717, 1.165) is 36.8 Å². The Bertz CT molecular complexity index is 1880. The van der Waals surface area contributed by atoms with Gasteiger partial charge in [-0.1, -0.05) is 54.5 Å². The number of hydrogen-bond acceptors (Lipinski definition) is 7. The SMILES string of the molecule is C=C1NC(=O)C(C)=CN1CCC(=O)N(C)CCC.CCC.CCCn1ccc2cc(-n3c(-c4cc(C(C)C)c(O)cc4O)n[nH]c3=O)ccc21. The normalized spacial score (nSPS) is 12.6. The maximum Gasteiger partial charge on any atom is 0.348 e. The summed E-state index contributed by atoms with van der Waals surface area (Å²) in [6.07, 6.45) is 7.42. The molecule has 4 aromatic rings. The number of aromatic nitrogens is 4. The number of benzene rings is 2. The molecule has 0 radical (unpaired) electrons. The van der Waals surface area contributed by atoms with Crippen molar-refractivity contribution in [3.8, 4) is 28.6 Å². The molecule has 0 saturated heterocycles. The van der Waals surface area contributed by atoms with E-state index in [-0.39, 0.29) is 29.2 Å². The first-order valence-electron chi connectivity index (χ1n) is 17.3. The standard InChI is InChI=1S/C22H24N4O3.C13H21N3O2.C3H8/c1-4-8-25-9-7-14-10-15(5-6-18(14)25)26-21(23-24-22(26)29)17-11-16(13(2)3)19(27)12-20(17)28;1-5-7-15(4)12(17)6-8-16-9-10(2)13(18)14-11(16)3;1-3-2/h5-7,9-13,27-28H,4,8H2,1-3H3,(H,24,29);9H,3,5-8H2,1-2,4H3,(H,14,18);3H2,1-2H3. The number of aromatic amines is 1. The largest absolute Gasteiger partial charge is 0.508 e. The smallest absolute Gasteiger partial charge is 0.348 e. The summed E-state index contributed by atoms with van der Waals surface area (Å²) in [6, 6.07) is 10.8. The Kier molecular flexibility index (Phi) is 14.1. The van der Waals surface area contributed by atoms with Crippen molar-refractivity contribution in [2.45, 2.75) is 86.6 Å². The molecule has 2 amide bonds. The maximum absolute atomic E-state index is 12.6. The van der Waals surface area contributed by atoms with Crippen LogP contribution in [0, 0.1) is 0 Å². The van der Waals surface area contributed by atoms with Crippen LogP contribution in [0.4, 0.5) is 0 Å². The van der Waals surface area contributed by atoms with Gasteiger partial charge >= 0.3 is 5.69 Å². The number of phenolic OH excluding ortho intramolecular Hbond substituents is 2. The number of aryl methyl sites for hydroxylation is 1. The lowest BCUT2D eigenvalue weighted by Gasteiger charge is -2.28. The Morgan fingerprint density at radius 1 is 1.00 bits per heavy atom. The van der Waals surface area contributed by atoms with E-state index in [1.54, 1.807) is 36.0 Å². The van der Waals surface area contributed by atoms with Crippen LogP contribution in [0.25, 0.3) is 28.0 Å². The van der Waals surface area contributed by atoms with Crippen molar-refractivity contribution in [3.05, 3.63) is 82.8 Å². The van der Waals surface area contributed by atoms with Crippen LogP contribution in [0.5, 0.6) is 11.5 Å². The molecule has 3 heterocycles. The fourth-order valence-electron chi connectivity index (χ4n) is 5.45. The Morgan fingerprint density at radius 3 is 2.34 bits per heavy atom. The molecule has 50 heavy (non-hydrogen) atoms. The van der Waals surface area contributed by atoms with E-state index in [4.69, 9.17) is 0 Å². The van der Waals surface area contributed by atoms with Crippen molar-refractivity contribution >= 4 is 22.7 Å². The summed E-state index contributed by atoms with van der Waals surface area (Å²) in [5.74, 6) is 0.714. The van der Waals surface area contributed by atoms with E-state index >= 15 is 0 Å². The summed E-state index contributed by atoms with van der Waals surface area (Å²) in [7, 11) is 1.81. The number of carbonyl (C=O) groups is 2. The molecule has 1 aliphatic heterocycles. The van der Waals surface area contributed by atoms with Crippen LogP contribution < -0.4 is 11.0 Å². The number of H-pyrrole nitrogens is 1. The molecule has 0 atom stereocenters. The Labute approximate surface area is 294 Å². The van der Waals surface area contributed by atoms with Gasteiger partial charge in [0.1, 0.15) is 17.3 Å². The quantitative estimate of drug-likeness (QED) is 0.147. The molecule has 12 nitrogen and oxygen atoms in total. The van der Waals surface area contributed by atoms with Crippen molar-refractivity contribution in [1.29, 1.82) is 0 Å². The maximum atomic E-state index is 12.6.